The van der Waals surface area contributed by atoms with Crippen molar-refractivity contribution in [3.8, 4) is 0 Å². The van der Waals surface area contributed by atoms with E-state index in [1.165, 1.54) is 11.8 Å². The lowest BCUT2D eigenvalue weighted by atomic mass is 9.98. The predicted octanol–water partition coefficient (Wildman–Crippen LogP) is 4.14. The van der Waals surface area contributed by atoms with Crippen molar-refractivity contribution in [2.24, 2.45) is 5.73 Å². The standard InChI is InChI=1S/C29H42BrN3O6S/c30-21-13-11-20(12-14-21)18-40-19-25(28(36)32-17-27(35)38-22-7-3-1-4-8-22)33-26(34)16-15-24(31)29(37)39-23-9-5-2-6-10-23/h11-14,22-25H,1-10,15-19,31H2,(H,32,36)(H,33,34)/t24-,25-/m0/s1. The van der Waals surface area contributed by atoms with E-state index in [4.69, 9.17) is 15.2 Å². The van der Waals surface area contributed by atoms with Crippen LogP contribution in [0.1, 0.15) is 82.6 Å². The number of esters is 2. The minimum atomic E-state index is -0.902. The Hall–Kier alpha value is -2.11. The van der Waals surface area contributed by atoms with Crippen LogP contribution in [-0.4, -0.2) is 60.3 Å². The Morgan fingerprint density at radius 2 is 1.52 bits per heavy atom. The number of nitrogens with one attached hydrogen (secondary N) is 2. The molecule has 2 saturated carbocycles. The summed E-state index contributed by atoms with van der Waals surface area (Å²) in [6.45, 7) is -0.253. The van der Waals surface area contributed by atoms with Crippen LogP contribution in [0.15, 0.2) is 28.7 Å². The summed E-state index contributed by atoms with van der Waals surface area (Å²) in [4.78, 5) is 50.3. The normalized spacial score (nSPS) is 17.9. The lowest BCUT2D eigenvalue weighted by Crippen LogP contribution is -2.50. The zero-order valence-electron chi connectivity index (χ0n) is 23.0. The van der Waals surface area contributed by atoms with Crippen LogP contribution in [0.5, 0.6) is 0 Å². The third-order valence-electron chi connectivity index (χ3n) is 7.20. The van der Waals surface area contributed by atoms with Crippen LogP contribution in [0.2, 0.25) is 0 Å². The molecule has 0 radical (unpaired) electrons. The van der Waals surface area contributed by atoms with Crippen LogP contribution in [0.3, 0.4) is 0 Å². The molecule has 40 heavy (non-hydrogen) atoms. The molecule has 1 aromatic carbocycles. The van der Waals surface area contributed by atoms with Gasteiger partial charge < -0.3 is 25.8 Å². The molecule has 0 heterocycles. The van der Waals surface area contributed by atoms with E-state index in [9.17, 15) is 19.2 Å². The summed E-state index contributed by atoms with van der Waals surface area (Å²) in [6, 6.07) is 6.10. The van der Waals surface area contributed by atoms with Crippen molar-refractivity contribution in [2.45, 2.75) is 107 Å². The molecule has 4 N–H and O–H groups in total. The van der Waals surface area contributed by atoms with Gasteiger partial charge in [0.15, 0.2) is 0 Å². The first-order chi connectivity index (χ1) is 19.3. The smallest absolute Gasteiger partial charge is 0.325 e. The van der Waals surface area contributed by atoms with Gasteiger partial charge in [0.05, 0.1) is 0 Å². The number of nitrogens with two attached hydrogens (primary N) is 1. The van der Waals surface area contributed by atoms with Gasteiger partial charge in [-0.1, -0.05) is 40.9 Å². The van der Waals surface area contributed by atoms with Gasteiger partial charge in [0.25, 0.3) is 0 Å². The van der Waals surface area contributed by atoms with Gasteiger partial charge in [0, 0.05) is 22.4 Å². The van der Waals surface area contributed by atoms with E-state index in [1.807, 2.05) is 24.3 Å². The zero-order chi connectivity index (χ0) is 28.7. The Balaban J connectivity index is 1.47. The van der Waals surface area contributed by atoms with E-state index in [0.29, 0.717) is 11.5 Å². The van der Waals surface area contributed by atoms with Gasteiger partial charge in [-0.25, -0.2) is 0 Å². The molecular weight excluding hydrogens is 598 g/mol. The maximum atomic E-state index is 13.0. The fraction of sp³-hybridized carbons (Fsp3) is 0.655. The highest BCUT2D eigenvalue weighted by molar-refractivity contribution is 9.10. The van der Waals surface area contributed by atoms with Gasteiger partial charge in [-0.2, -0.15) is 11.8 Å². The third kappa shape index (κ3) is 12.2. The Morgan fingerprint density at radius 3 is 2.15 bits per heavy atom. The number of amides is 2. The maximum Gasteiger partial charge on any atom is 0.325 e. The van der Waals surface area contributed by atoms with Crippen molar-refractivity contribution in [3.63, 3.8) is 0 Å². The van der Waals surface area contributed by atoms with Gasteiger partial charge in [-0.05, 0) is 75.5 Å². The molecule has 2 aliphatic rings. The second-order valence-corrected chi connectivity index (χ2v) is 12.5. The molecule has 0 unspecified atom stereocenters. The predicted molar refractivity (Wildman–Crippen MR) is 158 cm³/mol. The fourth-order valence-electron chi connectivity index (χ4n) is 4.86. The van der Waals surface area contributed by atoms with Gasteiger partial charge in [-0.3, -0.25) is 19.2 Å². The molecule has 0 aliphatic heterocycles. The zero-order valence-corrected chi connectivity index (χ0v) is 25.4. The van der Waals surface area contributed by atoms with Crippen LogP contribution < -0.4 is 16.4 Å². The Kier molecular flexibility index (Phi) is 14.3. The number of carbonyl (C=O) groups is 4. The molecule has 222 valence electrons. The van der Waals surface area contributed by atoms with E-state index in [2.05, 4.69) is 26.6 Å². The lowest BCUT2D eigenvalue weighted by Gasteiger charge is -2.23. The molecule has 11 heteroatoms. The van der Waals surface area contributed by atoms with Crippen LogP contribution in [0, 0.1) is 0 Å². The Bertz CT molecular complexity index is 967. The first-order valence-corrected chi connectivity index (χ1v) is 16.3. The summed E-state index contributed by atoms with van der Waals surface area (Å²) in [5, 5.41) is 5.37. The first kappa shape index (κ1) is 32.4. The molecule has 9 nitrogen and oxygen atoms in total. The van der Waals surface area contributed by atoms with Crippen molar-refractivity contribution in [2.75, 3.05) is 12.3 Å². The van der Waals surface area contributed by atoms with E-state index in [1.54, 1.807) is 0 Å². The van der Waals surface area contributed by atoms with Crippen molar-refractivity contribution in [3.05, 3.63) is 34.3 Å². The highest BCUT2D eigenvalue weighted by Crippen LogP contribution is 2.22. The van der Waals surface area contributed by atoms with E-state index < -0.39 is 35.8 Å². The highest BCUT2D eigenvalue weighted by Gasteiger charge is 2.26. The average Bonchev–Trinajstić information content (AvgIpc) is 2.96. The number of rotatable bonds is 14. The van der Waals surface area contributed by atoms with Crippen LogP contribution in [0.25, 0.3) is 0 Å². The molecule has 3 rings (SSSR count). The van der Waals surface area contributed by atoms with Crippen LogP contribution >= 0.6 is 27.7 Å². The third-order valence-corrected chi connectivity index (χ3v) is 8.83. The van der Waals surface area contributed by atoms with Crippen molar-refractivity contribution < 1.29 is 28.7 Å². The monoisotopic (exact) mass is 639 g/mol. The summed E-state index contributed by atoms with van der Waals surface area (Å²) in [6.07, 6.45) is 9.75. The number of ether oxygens (including phenoxy) is 2. The largest absolute Gasteiger partial charge is 0.461 e. The van der Waals surface area contributed by atoms with Crippen LogP contribution in [0.4, 0.5) is 0 Å². The van der Waals surface area contributed by atoms with Gasteiger partial charge in [0.2, 0.25) is 11.8 Å². The van der Waals surface area contributed by atoms with E-state index >= 15 is 0 Å². The molecule has 2 fully saturated rings. The number of thioether (sulfide) groups is 1. The Labute approximate surface area is 249 Å². The quantitative estimate of drug-likeness (QED) is 0.258. The summed E-state index contributed by atoms with van der Waals surface area (Å²) < 4.78 is 12.0. The molecule has 2 amide bonds. The summed E-state index contributed by atoms with van der Waals surface area (Å²) >= 11 is 4.91. The second-order valence-electron chi connectivity index (χ2n) is 10.6. The molecule has 1 aromatic rings. The molecule has 0 saturated heterocycles. The average molecular weight is 641 g/mol. The minimum Gasteiger partial charge on any atom is -0.461 e. The van der Waals surface area contributed by atoms with Gasteiger partial charge in [0.1, 0.15) is 30.8 Å². The number of benzene rings is 1. The van der Waals surface area contributed by atoms with Crippen LogP contribution in [-0.2, 0) is 34.4 Å². The van der Waals surface area contributed by atoms with E-state index in [0.717, 1.165) is 74.2 Å². The molecular formula is C29H42BrN3O6S. The number of halogens is 1. The van der Waals surface area contributed by atoms with Gasteiger partial charge >= 0.3 is 11.9 Å². The molecule has 0 aromatic heterocycles. The SMILES string of the molecule is N[C@@H](CCC(=O)N[C@@H](CSCc1ccc(Br)cc1)C(=O)NCC(=O)OC1CCCCC1)C(=O)OC1CCCCC1. The molecule has 2 aliphatic carbocycles. The first-order valence-electron chi connectivity index (χ1n) is 14.3. The number of carbonyl (C=O) groups excluding carboxylic acids is 4. The van der Waals surface area contributed by atoms with Crippen molar-refractivity contribution in [1.29, 1.82) is 0 Å². The number of hydrogen-bond donors (Lipinski definition) is 3. The molecule has 2 atom stereocenters. The maximum absolute atomic E-state index is 13.0. The summed E-state index contributed by atoms with van der Waals surface area (Å²) in [5.74, 6) is -0.866. The van der Waals surface area contributed by atoms with Gasteiger partial charge in [-0.15, -0.1) is 0 Å². The Morgan fingerprint density at radius 1 is 0.925 bits per heavy atom. The minimum absolute atomic E-state index is 0.0220. The fourth-order valence-corrected chi connectivity index (χ4v) is 6.14. The second kappa shape index (κ2) is 17.6. The van der Waals surface area contributed by atoms with Crippen molar-refractivity contribution in [1.82, 2.24) is 10.6 Å². The number of hydrogen-bond acceptors (Lipinski definition) is 8. The van der Waals surface area contributed by atoms with Crippen molar-refractivity contribution >= 4 is 51.4 Å². The highest BCUT2D eigenvalue weighted by atomic mass is 79.9. The lowest BCUT2D eigenvalue weighted by molar-refractivity contribution is -0.152. The summed E-state index contributed by atoms with van der Waals surface area (Å²) in [5.41, 5.74) is 7.07. The van der Waals surface area contributed by atoms with E-state index in [-0.39, 0.29) is 31.6 Å². The summed E-state index contributed by atoms with van der Waals surface area (Å²) in [7, 11) is 0. The molecule has 0 bridgehead atoms. The molecule has 0 spiro atoms. The topological polar surface area (TPSA) is 137 Å².